The van der Waals surface area contributed by atoms with E-state index in [0.29, 0.717) is 12.2 Å². The molecule has 0 bridgehead atoms. The van der Waals surface area contributed by atoms with Gasteiger partial charge in [-0.3, -0.25) is 0 Å². The van der Waals surface area contributed by atoms with Gasteiger partial charge in [-0.05, 0) is 78.8 Å². The van der Waals surface area contributed by atoms with E-state index in [1.165, 1.54) is 44.6 Å². The summed E-state index contributed by atoms with van der Waals surface area (Å²) in [5.74, 6) is 1.47. The molecular formula is C29H29N3O2S. The summed E-state index contributed by atoms with van der Waals surface area (Å²) in [7, 11) is 0. The Morgan fingerprint density at radius 3 is 2.46 bits per heavy atom. The number of aromatic nitrogens is 1. The first-order valence-electron chi connectivity index (χ1n) is 11.7. The molecule has 4 aromatic rings. The molecule has 0 atom stereocenters. The van der Waals surface area contributed by atoms with E-state index in [9.17, 15) is 4.79 Å². The number of aryl methyl sites for hydroxylation is 2. The highest BCUT2D eigenvalue weighted by Crippen LogP contribution is 2.50. The van der Waals surface area contributed by atoms with Crippen molar-refractivity contribution in [3.8, 4) is 22.3 Å². The van der Waals surface area contributed by atoms with Gasteiger partial charge in [0.05, 0.1) is 12.2 Å². The summed E-state index contributed by atoms with van der Waals surface area (Å²) >= 11 is 1.72. The summed E-state index contributed by atoms with van der Waals surface area (Å²) in [6.07, 6.45) is 3.53. The van der Waals surface area contributed by atoms with Crippen LogP contribution in [0.15, 0.2) is 53.1 Å². The van der Waals surface area contributed by atoms with Gasteiger partial charge in [0.2, 0.25) is 0 Å². The molecule has 1 N–H and O–H groups in total. The predicted octanol–water partition coefficient (Wildman–Crippen LogP) is 7.33. The fourth-order valence-corrected chi connectivity index (χ4v) is 5.83. The molecule has 1 aromatic heterocycles. The summed E-state index contributed by atoms with van der Waals surface area (Å²) in [6.45, 7) is 9.11. The van der Waals surface area contributed by atoms with Crippen LogP contribution in [-0.2, 0) is 17.8 Å². The fraction of sp³-hybridized carbons (Fsp3) is 0.241. The van der Waals surface area contributed by atoms with Crippen molar-refractivity contribution in [2.45, 2.75) is 40.7 Å². The lowest BCUT2D eigenvalue weighted by Crippen LogP contribution is -2.22. The molecule has 0 saturated heterocycles. The first kappa shape index (κ1) is 23.2. The lowest BCUT2D eigenvalue weighted by molar-refractivity contribution is -0.107. The molecule has 35 heavy (non-hydrogen) atoms. The molecule has 0 aliphatic carbocycles. The molecule has 0 amide bonds. The summed E-state index contributed by atoms with van der Waals surface area (Å²) in [6, 6.07) is 17.0. The van der Waals surface area contributed by atoms with E-state index in [1.807, 2.05) is 13.0 Å². The maximum Gasteiger partial charge on any atom is 0.174 e. The number of anilines is 3. The predicted molar refractivity (Wildman–Crippen MR) is 146 cm³/mol. The summed E-state index contributed by atoms with van der Waals surface area (Å²) in [4.78, 5) is 11.7. The third-order valence-electron chi connectivity index (χ3n) is 6.78. The Bertz CT molecular complexity index is 1420. The van der Waals surface area contributed by atoms with Crippen molar-refractivity contribution >= 4 is 35.4 Å². The second-order valence-corrected chi connectivity index (χ2v) is 9.91. The van der Waals surface area contributed by atoms with Crippen molar-refractivity contribution in [1.82, 2.24) is 5.16 Å². The van der Waals surface area contributed by atoms with Crippen LogP contribution in [0, 0.1) is 27.7 Å². The minimum Gasteiger partial charge on any atom is -0.360 e. The van der Waals surface area contributed by atoms with Crippen LogP contribution in [-0.4, -0.2) is 17.7 Å². The lowest BCUT2D eigenvalue weighted by atomic mass is 9.81. The molecule has 0 saturated carbocycles. The van der Waals surface area contributed by atoms with E-state index in [2.05, 4.69) is 84.3 Å². The summed E-state index contributed by atoms with van der Waals surface area (Å²) in [5.41, 5.74) is 13.0. The molecule has 1 aliphatic heterocycles. The Labute approximate surface area is 210 Å². The Hall–Kier alpha value is -3.51. The van der Waals surface area contributed by atoms with Gasteiger partial charge < -0.3 is 18.9 Å². The van der Waals surface area contributed by atoms with Crippen molar-refractivity contribution < 1.29 is 9.32 Å². The first-order valence-corrected chi connectivity index (χ1v) is 12.9. The Kier molecular flexibility index (Phi) is 6.15. The smallest absolute Gasteiger partial charge is 0.174 e. The highest BCUT2D eigenvalue weighted by molar-refractivity contribution is 7.99. The van der Waals surface area contributed by atoms with Crippen molar-refractivity contribution in [2.24, 2.45) is 0 Å². The zero-order valence-electron chi connectivity index (χ0n) is 20.7. The molecule has 178 valence electrons. The largest absolute Gasteiger partial charge is 0.360 e. The molecule has 5 rings (SSSR count). The number of carbonyl (C=O) groups is 1. The Balaban J connectivity index is 1.71. The molecule has 6 heteroatoms. The molecule has 0 radical (unpaired) electrons. The Morgan fingerprint density at radius 1 is 1.03 bits per heavy atom. The number of hydrogen-bond acceptors (Lipinski definition) is 6. The van der Waals surface area contributed by atoms with Crippen LogP contribution in [0.1, 0.15) is 33.6 Å². The number of fused-ring (bicyclic) bond motifs is 3. The van der Waals surface area contributed by atoms with Crippen molar-refractivity contribution in [3.05, 3.63) is 82.1 Å². The topological polar surface area (TPSA) is 58.4 Å². The van der Waals surface area contributed by atoms with Crippen LogP contribution >= 0.6 is 11.9 Å². The molecule has 0 unspecified atom stereocenters. The van der Waals surface area contributed by atoms with Crippen LogP contribution in [0.3, 0.4) is 0 Å². The normalized spacial score (nSPS) is 12.3. The second-order valence-electron chi connectivity index (χ2n) is 9.10. The van der Waals surface area contributed by atoms with E-state index >= 15 is 0 Å². The van der Waals surface area contributed by atoms with Gasteiger partial charge in [-0.15, -0.1) is 0 Å². The fourth-order valence-electron chi connectivity index (χ4n) is 5.15. The number of hydrogen-bond donors (Lipinski definition) is 1. The second kappa shape index (κ2) is 9.27. The van der Waals surface area contributed by atoms with Gasteiger partial charge in [0.25, 0.3) is 0 Å². The maximum absolute atomic E-state index is 11.7. The minimum atomic E-state index is 0.401. The number of rotatable bonds is 6. The zero-order chi connectivity index (χ0) is 24.7. The molecule has 2 heterocycles. The van der Waals surface area contributed by atoms with E-state index in [4.69, 9.17) is 4.52 Å². The number of benzene rings is 3. The minimum absolute atomic E-state index is 0.401. The lowest BCUT2D eigenvalue weighted by Gasteiger charge is -2.36. The van der Waals surface area contributed by atoms with Gasteiger partial charge in [-0.25, -0.2) is 0 Å². The van der Waals surface area contributed by atoms with Crippen LogP contribution < -0.4 is 9.62 Å². The molecule has 1 aliphatic rings. The van der Waals surface area contributed by atoms with E-state index < -0.39 is 0 Å². The molecular weight excluding hydrogens is 454 g/mol. The van der Waals surface area contributed by atoms with Crippen molar-refractivity contribution in [1.29, 1.82) is 0 Å². The van der Waals surface area contributed by atoms with E-state index in [-0.39, 0.29) is 0 Å². The van der Waals surface area contributed by atoms with E-state index in [1.54, 1.807) is 11.9 Å². The molecule has 5 nitrogen and oxygen atoms in total. The van der Waals surface area contributed by atoms with Crippen molar-refractivity contribution in [2.75, 3.05) is 15.9 Å². The van der Waals surface area contributed by atoms with Crippen LogP contribution in [0.5, 0.6) is 0 Å². The third-order valence-corrected chi connectivity index (χ3v) is 7.54. The average Bonchev–Trinajstić information content (AvgIpc) is 3.26. The van der Waals surface area contributed by atoms with Crippen molar-refractivity contribution in [3.63, 3.8) is 0 Å². The Morgan fingerprint density at radius 2 is 1.80 bits per heavy atom. The van der Waals surface area contributed by atoms with Gasteiger partial charge in [0, 0.05) is 30.0 Å². The van der Waals surface area contributed by atoms with Gasteiger partial charge in [-0.2, -0.15) is 0 Å². The van der Waals surface area contributed by atoms with Gasteiger partial charge >= 0.3 is 0 Å². The number of aldehydes is 1. The SMILES string of the molecule is CSN1Cc2cc(Nc3cc(C)on3)ccc2-c2c(C)c(-c3ccc(C)cc3)c(CC=O)c(C)c21. The molecule has 3 aromatic carbocycles. The van der Waals surface area contributed by atoms with E-state index in [0.717, 1.165) is 35.4 Å². The average molecular weight is 484 g/mol. The third kappa shape index (κ3) is 4.12. The van der Waals surface area contributed by atoms with Gasteiger partial charge in [-0.1, -0.05) is 53.0 Å². The highest BCUT2D eigenvalue weighted by Gasteiger charge is 2.29. The van der Waals surface area contributed by atoms with Gasteiger partial charge in [0.15, 0.2) is 5.82 Å². The quantitative estimate of drug-likeness (QED) is 0.229. The van der Waals surface area contributed by atoms with Crippen LogP contribution in [0.25, 0.3) is 22.3 Å². The number of carbonyl (C=O) groups excluding carboxylic acids is 1. The van der Waals surface area contributed by atoms with Crippen LogP contribution in [0.4, 0.5) is 17.2 Å². The zero-order valence-corrected chi connectivity index (χ0v) is 21.5. The molecule has 0 spiro atoms. The number of nitrogens with zero attached hydrogens (tertiary/aromatic N) is 2. The highest BCUT2D eigenvalue weighted by atomic mass is 32.2. The monoisotopic (exact) mass is 483 g/mol. The summed E-state index contributed by atoms with van der Waals surface area (Å²) < 4.78 is 7.55. The number of nitrogens with one attached hydrogen (secondary N) is 1. The standard InChI is InChI=1S/C29H29N3O2S/c1-17-6-8-21(9-7-17)27-20(4)28-25-11-10-23(30-26-14-18(2)34-31-26)15-22(25)16-32(35-5)29(28)19(3)24(27)12-13-33/h6-11,13-15H,12,16H2,1-5H3,(H,30,31). The van der Waals surface area contributed by atoms with Gasteiger partial charge in [0.1, 0.15) is 12.0 Å². The maximum atomic E-state index is 11.7. The van der Waals surface area contributed by atoms with Crippen LogP contribution in [0.2, 0.25) is 0 Å². The summed E-state index contributed by atoms with van der Waals surface area (Å²) in [5, 5.41) is 7.42. The first-order chi connectivity index (χ1) is 16.9. The molecule has 0 fully saturated rings.